The van der Waals surface area contributed by atoms with E-state index in [-0.39, 0.29) is 12.1 Å². The zero-order chi connectivity index (χ0) is 12.3. The molecule has 0 aromatic heterocycles. The summed E-state index contributed by atoms with van der Waals surface area (Å²) in [5.41, 5.74) is 5.80. The summed E-state index contributed by atoms with van der Waals surface area (Å²) in [7, 11) is 0. The number of aliphatic hydroxyl groups is 1. The highest BCUT2D eigenvalue weighted by Gasteiger charge is 2.38. The minimum Gasteiger partial charge on any atom is -0.394 e. The second kappa shape index (κ2) is 5.65. The summed E-state index contributed by atoms with van der Waals surface area (Å²) in [4.78, 5) is 2.49. The van der Waals surface area contributed by atoms with E-state index in [0.717, 1.165) is 39.0 Å². The van der Waals surface area contributed by atoms with Crippen LogP contribution in [0.4, 0.5) is 0 Å². The first-order valence-electron chi connectivity index (χ1n) is 6.92. The van der Waals surface area contributed by atoms with Crippen LogP contribution in [0.25, 0.3) is 0 Å². The first-order valence-corrected chi connectivity index (χ1v) is 6.92. The molecule has 1 aliphatic carbocycles. The van der Waals surface area contributed by atoms with Gasteiger partial charge in [0.2, 0.25) is 0 Å². The molecule has 100 valence electrons. The Bertz CT molecular complexity index is 244. The van der Waals surface area contributed by atoms with E-state index in [2.05, 4.69) is 11.8 Å². The minimum absolute atomic E-state index is 0.112. The lowest BCUT2D eigenvalue weighted by atomic mass is 10.0. The summed E-state index contributed by atoms with van der Waals surface area (Å²) >= 11 is 0. The molecule has 0 bridgehead atoms. The zero-order valence-electron chi connectivity index (χ0n) is 10.9. The molecule has 17 heavy (non-hydrogen) atoms. The molecule has 0 radical (unpaired) electrons. The molecule has 1 saturated carbocycles. The highest BCUT2D eigenvalue weighted by molar-refractivity contribution is 4.97. The monoisotopic (exact) mass is 242 g/mol. The lowest BCUT2D eigenvalue weighted by Gasteiger charge is -2.31. The highest BCUT2D eigenvalue weighted by Crippen LogP contribution is 2.31. The second-order valence-corrected chi connectivity index (χ2v) is 5.64. The van der Waals surface area contributed by atoms with Crippen molar-refractivity contribution in [3.05, 3.63) is 0 Å². The van der Waals surface area contributed by atoms with Crippen LogP contribution >= 0.6 is 0 Å². The van der Waals surface area contributed by atoms with Crippen LogP contribution in [0.15, 0.2) is 0 Å². The standard InChI is InChI=1S/C13H26N2O2/c1-2-15(9-12-4-3-7-17-12)11-5-6-13(14,8-11)10-16/h11-12,16H,2-10,14H2,1H3. The van der Waals surface area contributed by atoms with Gasteiger partial charge in [-0.25, -0.2) is 0 Å². The number of likely N-dealkylation sites (N-methyl/N-ethyl adjacent to an activating group) is 1. The molecule has 1 saturated heterocycles. The molecule has 2 aliphatic rings. The number of nitrogens with zero attached hydrogens (tertiary/aromatic N) is 1. The van der Waals surface area contributed by atoms with Crippen LogP contribution in [0, 0.1) is 0 Å². The van der Waals surface area contributed by atoms with E-state index in [1.165, 1.54) is 12.8 Å². The average Bonchev–Trinajstić information content (AvgIpc) is 2.96. The topological polar surface area (TPSA) is 58.7 Å². The van der Waals surface area contributed by atoms with Gasteiger partial charge in [-0.2, -0.15) is 0 Å². The maximum absolute atomic E-state index is 9.31. The SMILES string of the molecule is CCN(CC1CCCO1)C1CCC(N)(CO)C1. The van der Waals surface area contributed by atoms with Gasteiger partial charge in [0.25, 0.3) is 0 Å². The Kier molecular flexibility index (Phi) is 4.42. The molecule has 2 rings (SSSR count). The smallest absolute Gasteiger partial charge is 0.0702 e. The van der Waals surface area contributed by atoms with Crippen LogP contribution in [-0.4, -0.2) is 54.0 Å². The predicted molar refractivity (Wildman–Crippen MR) is 67.9 cm³/mol. The van der Waals surface area contributed by atoms with E-state index in [0.29, 0.717) is 12.1 Å². The maximum atomic E-state index is 9.31. The normalized spacial score (nSPS) is 38.1. The zero-order valence-corrected chi connectivity index (χ0v) is 10.9. The van der Waals surface area contributed by atoms with Crippen molar-refractivity contribution in [2.45, 2.75) is 56.7 Å². The van der Waals surface area contributed by atoms with Gasteiger partial charge in [0, 0.05) is 24.7 Å². The van der Waals surface area contributed by atoms with Gasteiger partial charge in [-0.1, -0.05) is 6.92 Å². The van der Waals surface area contributed by atoms with Crippen molar-refractivity contribution in [1.82, 2.24) is 4.90 Å². The van der Waals surface area contributed by atoms with Crippen molar-refractivity contribution in [1.29, 1.82) is 0 Å². The summed E-state index contributed by atoms with van der Waals surface area (Å²) in [5, 5.41) is 9.31. The van der Waals surface area contributed by atoms with E-state index in [9.17, 15) is 5.11 Å². The van der Waals surface area contributed by atoms with Crippen molar-refractivity contribution in [2.24, 2.45) is 5.73 Å². The summed E-state index contributed by atoms with van der Waals surface area (Å²) in [6, 6.07) is 0.529. The number of ether oxygens (including phenoxy) is 1. The number of hydrogen-bond donors (Lipinski definition) is 2. The third-order valence-electron chi connectivity index (χ3n) is 4.32. The van der Waals surface area contributed by atoms with Crippen LogP contribution in [0.1, 0.15) is 39.0 Å². The number of hydrogen-bond acceptors (Lipinski definition) is 4. The fourth-order valence-electron chi connectivity index (χ4n) is 3.17. The molecular weight excluding hydrogens is 216 g/mol. The average molecular weight is 242 g/mol. The molecule has 0 aromatic carbocycles. The van der Waals surface area contributed by atoms with Gasteiger partial charge < -0.3 is 15.6 Å². The molecular formula is C13H26N2O2. The van der Waals surface area contributed by atoms with Crippen LogP contribution in [0.3, 0.4) is 0 Å². The van der Waals surface area contributed by atoms with E-state index in [1.807, 2.05) is 0 Å². The number of rotatable bonds is 5. The Hall–Kier alpha value is -0.160. The Balaban J connectivity index is 1.86. The maximum Gasteiger partial charge on any atom is 0.0702 e. The van der Waals surface area contributed by atoms with Gasteiger partial charge in [-0.15, -0.1) is 0 Å². The lowest BCUT2D eigenvalue weighted by molar-refractivity contribution is 0.0579. The van der Waals surface area contributed by atoms with Gasteiger partial charge >= 0.3 is 0 Å². The highest BCUT2D eigenvalue weighted by atomic mass is 16.5. The van der Waals surface area contributed by atoms with Crippen LogP contribution in [-0.2, 0) is 4.74 Å². The number of aliphatic hydroxyl groups excluding tert-OH is 1. The molecule has 3 N–H and O–H groups in total. The van der Waals surface area contributed by atoms with Crippen molar-refractivity contribution in [3.63, 3.8) is 0 Å². The van der Waals surface area contributed by atoms with Gasteiger partial charge in [0.1, 0.15) is 0 Å². The second-order valence-electron chi connectivity index (χ2n) is 5.64. The summed E-state index contributed by atoms with van der Waals surface area (Å²) in [6.45, 7) is 5.31. The Morgan fingerprint density at radius 3 is 2.82 bits per heavy atom. The summed E-state index contributed by atoms with van der Waals surface area (Å²) in [6.07, 6.45) is 5.77. The molecule has 0 amide bonds. The molecule has 0 spiro atoms. The fraction of sp³-hybridized carbons (Fsp3) is 1.00. The fourth-order valence-corrected chi connectivity index (χ4v) is 3.17. The quantitative estimate of drug-likeness (QED) is 0.746. The van der Waals surface area contributed by atoms with Crippen molar-refractivity contribution in [3.8, 4) is 0 Å². The molecule has 4 nitrogen and oxygen atoms in total. The van der Waals surface area contributed by atoms with Crippen molar-refractivity contribution >= 4 is 0 Å². The van der Waals surface area contributed by atoms with Gasteiger partial charge in [-0.3, -0.25) is 4.90 Å². The molecule has 4 heteroatoms. The van der Waals surface area contributed by atoms with Crippen LogP contribution in [0.5, 0.6) is 0 Å². The largest absolute Gasteiger partial charge is 0.394 e. The van der Waals surface area contributed by atoms with E-state index in [4.69, 9.17) is 10.5 Å². The van der Waals surface area contributed by atoms with E-state index < -0.39 is 0 Å². The predicted octanol–water partition coefficient (Wildman–Crippen LogP) is 0.730. The van der Waals surface area contributed by atoms with Gasteiger partial charge in [-0.05, 0) is 38.6 Å². The van der Waals surface area contributed by atoms with Gasteiger partial charge in [0.15, 0.2) is 0 Å². The summed E-state index contributed by atoms with van der Waals surface area (Å²) < 4.78 is 5.70. The van der Waals surface area contributed by atoms with E-state index in [1.54, 1.807) is 0 Å². The third kappa shape index (κ3) is 3.19. The van der Waals surface area contributed by atoms with Crippen molar-refractivity contribution < 1.29 is 9.84 Å². The molecule has 3 unspecified atom stereocenters. The summed E-state index contributed by atoms with van der Waals surface area (Å²) in [5.74, 6) is 0. The molecule has 3 atom stereocenters. The van der Waals surface area contributed by atoms with Crippen molar-refractivity contribution in [2.75, 3.05) is 26.3 Å². The minimum atomic E-state index is -0.339. The first kappa shape index (κ1) is 13.3. The molecule has 1 aliphatic heterocycles. The van der Waals surface area contributed by atoms with Crippen LogP contribution in [0.2, 0.25) is 0 Å². The lowest BCUT2D eigenvalue weighted by Crippen LogP contribution is -2.45. The Morgan fingerprint density at radius 2 is 2.29 bits per heavy atom. The molecule has 2 fully saturated rings. The molecule has 0 aromatic rings. The number of nitrogens with two attached hydrogens (primary N) is 1. The first-order chi connectivity index (χ1) is 8.17. The van der Waals surface area contributed by atoms with E-state index >= 15 is 0 Å². The van der Waals surface area contributed by atoms with Gasteiger partial charge in [0.05, 0.1) is 12.7 Å². The molecule has 1 heterocycles. The third-order valence-corrected chi connectivity index (χ3v) is 4.32. The van der Waals surface area contributed by atoms with Crippen LogP contribution < -0.4 is 5.73 Å². The Labute approximate surface area is 104 Å². The Morgan fingerprint density at radius 1 is 1.47 bits per heavy atom.